The van der Waals surface area contributed by atoms with Crippen molar-refractivity contribution in [3.8, 4) is 0 Å². The molecule has 1 amide bonds. The Balaban J connectivity index is 1.75. The maximum absolute atomic E-state index is 12.8. The number of anilines is 2. The van der Waals surface area contributed by atoms with Crippen LogP contribution < -0.4 is 10.0 Å². The van der Waals surface area contributed by atoms with E-state index in [1.165, 1.54) is 6.07 Å². The summed E-state index contributed by atoms with van der Waals surface area (Å²) in [7, 11) is -4.28. The van der Waals surface area contributed by atoms with Gasteiger partial charge in [0.05, 0.1) is 5.56 Å². The minimum atomic E-state index is -4.61. The smallest absolute Gasteiger partial charge is 0.296 e. The van der Waals surface area contributed by atoms with Gasteiger partial charge in [-0.3, -0.25) is 14.8 Å². The van der Waals surface area contributed by atoms with Crippen LogP contribution in [0.5, 0.6) is 0 Å². The van der Waals surface area contributed by atoms with Crippen LogP contribution in [0.2, 0.25) is 0 Å². The number of amides is 1. The van der Waals surface area contributed by atoms with E-state index in [9.17, 15) is 26.4 Å². The van der Waals surface area contributed by atoms with Gasteiger partial charge >= 0.3 is 6.18 Å². The van der Waals surface area contributed by atoms with E-state index < -0.39 is 32.0 Å². The molecule has 29 heavy (non-hydrogen) atoms. The molecule has 0 spiro atoms. The number of aromatic nitrogens is 2. The first-order valence-electron chi connectivity index (χ1n) is 7.96. The van der Waals surface area contributed by atoms with Crippen molar-refractivity contribution in [1.29, 1.82) is 0 Å². The van der Waals surface area contributed by atoms with E-state index >= 15 is 0 Å². The molecule has 0 fully saturated rings. The second kappa shape index (κ2) is 7.79. The Bertz CT molecular complexity index is 1140. The fourth-order valence-electron chi connectivity index (χ4n) is 2.20. The fourth-order valence-corrected chi connectivity index (χ4v) is 4.15. The number of benzene rings is 2. The molecule has 0 aliphatic rings. The van der Waals surface area contributed by atoms with Crippen molar-refractivity contribution < 1.29 is 26.4 Å². The number of carbonyl (C=O) groups is 1. The lowest BCUT2D eigenvalue weighted by Crippen LogP contribution is -2.14. The number of carbonyl (C=O) groups excluding carboxylic acids is 1. The summed E-state index contributed by atoms with van der Waals surface area (Å²) in [6.07, 6.45) is -4.61. The molecule has 0 aliphatic heterocycles. The van der Waals surface area contributed by atoms with E-state index in [2.05, 4.69) is 15.5 Å². The van der Waals surface area contributed by atoms with Gasteiger partial charge in [-0.15, -0.1) is 10.2 Å². The third kappa shape index (κ3) is 5.09. The Labute approximate surface area is 167 Å². The molecule has 0 aliphatic carbocycles. The summed E-state index contributed by atoms with van der Waals surface area (Å²) in [5.74, 6) is -0.504. The molecular formula is C17H13F3N4O3S2. The fraction of sp³-hybridized carbons (Fsp3) is 0.118. The van der Waals surface area contributed by atoms with Crippen LogP contribution in [-0.4, -0.2) is 24.5 Å². The van der Waals surface area contributed by atoms with E-state index in [4.69, 9.17) is 0 Å². The van der Waals surface area contributed by atoms with Gasteiger partial charge in [0.25, 0.3) is 20.3 Å². The zero-order valence-corrected chi connectivity index (χ0v) is 16.3. The van der Waals surface area contributed by atoms with Crippen molar-refractivity contribution in [2.45, 2.75) is 17.4 Å². The Morgan fingerprint density at radius 2 is 1.76 bits per heavy atom. The summed E-state index contributed by atoms with van der Waals surface area (Å²) >= 11 is 0.568. The van der Waals surface area contributed by atoms with Crippen molar-refractivity contribution in [3.63, 3.8) is 0 Å². The molecule has 7 nitrogen and oxygen atoms in total. The van der Waals surface area contributed by atoms with Gasteiger partial charge in [0.1, 0.15) is 0 Å². The van der Waals surface area contributed by atoms with E-state index in [0.717, 1.165) is 17.7 Å². The van der Waals surface area contributed by atoms with Crippen LogP contribution in [0.3, 0.4) is 0 Å². The summed E-state index contributed by atoms with van der Waals surface area (Å²) in [5.41, 5.74) is 0.0325. The Hall–Kier alpha value is -2.99. The molecule has 3 rings (SSSR count). The quantitative estimate of drug-likeness (QED) is 0.584. The predicted octanol–water partition coefficient (Wildman–Crippen LogP) is 3.92. The van der Waals surface area contributed by atoms with Crippen LogP contribution in [0.25, 0.3) is 0 Å². The zero-order chi connectivity index (χ0) is 21.2. The molecule has 0 atom stereocenters. The molecule has 12 heteroatoms. The van der Waals surface area contributed by atoms with E-state index in [0.29, 0.717) is 23.0 Å². The highest BCUT2D eigenvalue weighted by molar-refractivity contribution is 7.94. The van der Waals surface area contributed by atoms with Crippen molar-refractivity contribution in [2.24, 2.45) is 0 Å². The SMILES string of the molecule is Cc1ccc(C(=O)Nc2nnc(S(=O)(=O)Nc3cccc(C(F)(F)F)c3)s2)cc1. The minimum Gasteiger partial charge on any atom is -0.296 e. The Morgan fingerprint density at radius 1 is 1.07 bits per heavy atom. The lowest BCUT2D eigenvalue weighted by molar-refractivity contribution is -0.137. The third-order valence-corrected chi connectivity index (χ3v) is 6.20. The molecule has 0 unspecified atom stereocenters. The number of aryl methyl sites for hydroxylation is 1. The highest BCUT2D eigenvalue weighted by atomic mass is 32.2. The predicted molar refractivity (Wildman–Crippen MR) is 101 cm³/mol. The number of rotatable bonds is 5. The minimum absolute atomic E-state index is 0.0695. The van der Waals surface area contributed by atoms with Crippen LogP contribution in [0.4, 0.5) is 24.0 Å². The molecule has 0 saturated heterocycles. The summed E-state index contributed by atoms with van der Waals surface area (Å²) in [6.45, 7) is 1.86. The first kappa shape index (κ1) is 20.7. The topological polar surface area (TPSA) is 101 Å². The largest absolute Gasteiger partial charge is 0.416 e. The molecular weight excluding hydrogens is 429 g/mol. The highest BCUT2D eigenvalue weighted by Gasteiger charge is 2.31. The number of nitrogens with one attached hydrogen (secondary N) is 2. The lowest BCUT2D eigenvalue weighted by Gasteiger charge is -2.09. The normalized spacial score (nSPS) is 11.9. The van der Waals surface area contributed by atoms with Crippen molar-refractivity contribution in [3.05, 3.63) is 65.2 Å². The van der Waals surface area contributed by atoms with E-state index in [-0.39, 0.29) is 10.8 Å². The monoisotopic (exact) mass is 442 g/mol. The van der Waals surface area contributed by atoms with Gasteiger partial charge in [-0.05, 0) is 37.3 Å². The van der Waals surface area contributed by atoms with E-state index in [1.807, 2.05) is 11.6 Å². The highest BCUT2D eigenvalue weighted by Crippen LogP contribution is 2.31. The van der Waals surface area contributed by atoms with Crippen LogP contribution in [0, 0.1) is 6.92 Å². The lowest BCUT2D eigenvalue weighted by atomic mass is 10.1. The molecule has 152 valence electrons. The molecule has 2 N–H and O–H groups in total. The number of halogens is 3. The first-order chi connectivity index (χ1) is 13.5. The van der Waals surface area contributed by atoms with Gasteiger partial charge in [0.15, 0.2) is 0 Å². The van der Waals surface area contributed by atoms with Gasteiger partial charge in [-0.2, -0.15) is 21.6 Å². The van der Waals surface area contributed by atoms with Gasteiger partial charge in [-0.25, -0.2) is 0 Å². The number of hydrogen-bond donors (Lipinski definition) is 2. The molecule has 3 aromatic rings. The maximum Gasteiger partial charge on any atom is 0.416 e. The molecule has 1 heterocycles. The number of hydrogen-bond acceptors (Lipinski definition) is 6. The summed E-state index contributed by atoms with van der Waals surface area (Å²) in [4.78, 5) is 12.2. The average Bonchev–Trinajstić information content (AvgIpc) is 3.11. The van der Waals surface area contributed by atoms with Crippen LogP contribution >= 0.6 is 11.3 Å². The van der Waals surface area contributed by atoms with Crippen LogP contribution in [0.1, 0.15) is 21.5 Å². The average molecular weight is 442 g/mol. The van der Waals surface area contributed by atoms with Gasteiger partial charge in [-0.1, -0.05) is 35.1 Å². The van der Waals surface area contributed by atoms with Crippen molar-refractivity contribution in [1.82, 2.24) is 10.2 Å². The number of alkyl halides is 3. The Morgan fingerprint density at radius 3 is 2.41 bits per heavy atom. The molecule has 1 aromatic heterocycles. The summed E-state index contributed by atoms with van der Waals surface area (Å²) in [6, 6.07) is 10.4. The van der Waals surface area contributed by atoms with Crippen LogP contribution in [-0.2, 0) is 16.2 Å². The van der Waals surface area contributed by atoms with Gasteiger partial charge < -0.3 is 0 Å². The van der Waals surface area contributed by atoms with Gasteiger partial charge in [0.2, 0.25) is 5.13 Å². The standard InChI is InChI=1S/C17H13F3N4O3S2/c1-10-5-7-11(8-6-10)14(25)21-15-22-23-16(28-15)29(26,27)24-13-4-2-3-12(9-13)17(18,19)20/h2-9,24H,1H3,(H,21,22,25). The molecule has 2 aromatic carbocycles. The second-order valence-corrected chi connectivity index (χ2v) is 8.71. The maximum atomic E-state index is 12.8. The number of nitrogens with zero attached hydrogens (tertiary/aromatic N) is 2. The molecule has 0 saturated carbocycles. The van der Waals surface area contributed by atoms with E-state index in [1.54, 1.807) is 24.3 Å². The first-order valence-corrected chi connectivity index (χ1v) is 10.3. The Kier molecular flexibility index (Phi) is 5.57. The van der Waals surface area contributed by atoms with Gasteiger partial charge in [0, 0.05) is 11.3 Å². The third-order valence-electron chi connectivity index (χ3n) is 3.61. The summed E-state index contributed by atoms with van der Waals surface area (Å²) < 4.78 is 64.6. The zero-order valence-electron chi connectivity index (χ0n) is 14.7. The number of sulfonamides is 1. The van der Waals surface area contributed by atoms with Crippen molar-refractivity contribution in [2.75, 3.05) is 10.0 Å². The van der Waals surface area contributed by atoms with Crippen molar-refractivity contribution >= 4 is 38.1 Å². The summed E-state index contributed by atoms with van der Waals surface area (Å²) in [5, 5.41) is 9.46. The van der Waals surface area contributed by atoms with Crippen LogP contribution in [0.15, 0.2) is 52.9 Å². The molecule has 0 bridgehead atoms. The molecule has 0 radical (unpaired) electrons. The second-order valence-electron chi connectivity index (χ2n) is 5.88.